The molecule has 12 heteroatoms. The van der Waals surface area contributed by atoms with Gasteiger partial charge in [-0.15, -0.1) is 0 Å². The van der Waals surface area contributed by atoms with Crippen LogP contribution in [0.2, 0.25) is 0 Å². The van der Waals surface area contributed by atoms with E-state index in [2.05, 4.69) is 16.0 Å². The van der Waals surface area contributed by atoms with E-state index in [4.69, 9.17) is 24.1 Å². The van der Waals surface area contributed by atoms with Crippen molar-refractivity contribution in [2.24, 2.45) is 0 Å². The Hall–Kier alpha value is -5.26. The minimum absolute atomic E-state index is 0.0244. The maximum Gasteiger partial charge on any atom is 0.305 e. The number of amides is 3. The van der Waals surface area contributed by atoms with Crippen LogP contribution in [0.25, 0.3) is 0 Å². The van der Waals surface area contributed by atoms with Crippen molar-refractivity contribution in [1.82, 2.24) is 5.32 Å². The van der Waals surface area contributed by atoms with Crippen molar-refractivity contribution in [2.45, 2.75) is 26.3 Å². The SMILES string of the molecule is COc1cc(C(=O)Nc2cc3c(cc2Oc2cc(C)cc(C)c2)C(=O)N[C@@H](CC(=O)O)C(=O)N3)cc(OC)c1OC. The lowest BCUT2D eigenvalue weighted by Gasteiger charge is -2.17. The number of methoxy groups -OCH3 is 3. The first kappa shape index (κ1) is 28.7. The van der Waals surface area contributed by atoms with E-state index in [1.54, 1.807) is 12.1 Å². The molecule has 0 unspecified atom stereocenters. The van der Waals surface area contributed by atoms with E-state index >= 15 is 0 Å². The van der Waals surface area contributed by atoms with Crippen LogP contribution in [0, 0.1) is 13.8 Å². The Morgan fingerprint density at radius 3 is 2.07 bits per heavy atom. The monoisotopic (exact) mass is 563 g/mol. The number of carbonyl (C=O) groups excluding carboxylic acids is 3. The van der Waals surface area contributed by atoms with Crippen molar-refractivity contribution in [3.8, 4) is 28.7 Å². The molecule has 0 spiro atoms. The van der Waals surface area contributed by atoms with Gasteiger partial charge in [0.1, 0.15) is 11.8 Å². The van der Waals surface area contributed by atoms with Gasteiger partial charge in [-0.3, -0.25) is 19.2 Å². The predicted molar refractivity (Wildman–Crippen MR) is 149 cm³/mol. The third-order valence-corrected chi connectivity index (χ3v) is 6.22. The van der Waals surface area contributed by atoms with Crippen molar-refractivity contribution < 1.29 is 43.2 Å². The number of benzene rings is 3. The Morgan fingerprint density at radius 1 is 0.878 bits per heavy atom. The molecule has 0 saturated carbocycles. The summed E-state index contributed by atoms with van der Waals surface area (Å²) in [5, 5.41) is 16.9. The minimum atomic E-state index is -1.30. The van der Waals surface area contributed by atoms with Gasteiger partial charge in [-0.25, -0.2) is 0 Å². The minimum Gasteiger partial charge on any atom is -0.493 e. The number of carbonyl (C=O) groups is 4. The summed E-state index contributed by atoms with van der Waals surface area (Å²) in [4.78, 5) is 50.4. The summed E-state index contributed by atoms with van der Waals surface area (Å²) in [6.45, 7) is 3.80. The van der Waals surface area contributed by atoms with E-state index in [9.17, 15) is 19.2 Å². The van der Waals surface area contributed by atoms with Crippen molar-refractivity contribution in [2.75, 3.05) is 32.0 Å². The van der Waals surface area contributed by atoms with Crippen molar-refractivity contribution in [3.63, 3.8) is 0 Å². The van der Waals surface area contributed by atoms with Crippen LogP contribution in [-0.2, 0) is 9.59 Å². The zero-order valence-electron chi connectivity index (χ0n) is 23.0. The van der Waals surface area contributed by atoms with E-state index in [1.165, 1.54) is 45.6 Å². The number of carboxylic acid groups (broad SMARTS) is 1. The maximum absolute atomic E-state index is 13.5. The standard InChI is InChI=1S/C29H29N3O9/c1-14-6-15(2)8-17(7-14)41-22-11-18-19(30-29(37)21(13-25(33)34)32-28(18)36)12-20(22)31-27(35)16-9-23(38-3)26(40-5)24(10-16)39-4/h6-12,21H,13H2,1-5H3,(H,30,37)(H,31,35)(H,32,36)(H,33,34)/t21-/m0/s1. The molecule has 0 aliphatic carbocycles. The van der Waals surface area contributed by atoms with Crippen LogP contribution < -0.4 is 34.9 Å². The summed E-state index contributed by atoms with van der Waals surface area (Å²) in [7, 11) is 4.29. The summed E-state index contributed by atoms with van der Waals surface area (Å²) in [5.41, 5.74) is 2.24. The van der Waals surface area contributed by atoms with Crippen LogP contribution >= 0.6 is 0 Å². The van der Waals surface area contributed by atoms with Crippen LogP contribution in [0.4, 0.5) is 11.4 Å². The molecule has 1 aliphatic rings. The van der Waals surface area contributed by atoms with Crippen LogP contribution in [0.15, 0.2) is 42.5 Å². The highest BCUT2D eigenvalue weighted by Gasteiger charge is 2.31. The molecule has 0 bridgehead atoms. The van der Waals surface area contributed by atoms with Crippen molar-refractivity contribution in [1.29, 1.82) is 0 Å². The summed E-state index contributed by atoms with van der Waals surface area (Å²) in [5.74, 6) is -1.85. The van der Waals surface area contributed by atoms with Gasteiger partial charge in [-0.1, -0.05) is 6.07 Å². The predicted octanol–water partition coefficient (Wildman–Crippen LogP) is 3.90. The highest BCUT2D eigenvalue weighted by atomic mass is 16.5. The molecule has 1 atom stereocenters. The van der Waals surface area contributed by atoms with Gasteiger partial charge in [0, 0.05) is 5.56 Å². The summed E-state index contributed by atoms with van der Waals surface area (Å²) in [6.07, 6.45) is -0.609. The Kier molecular flexibility index (Phi) is 8.32. The molecule has 0 fully saturated rings. The number of anilines is 2. The molecule has 1 aliphatic heterocycles. The smallest absolute Gasteiger partial charge is 0.305 e. The lowest BCUT2D eigenvalue weighted by Crippen LogP contribution is -2.42. The van der Waals surface area contributed by atoms with E-state index in [1.807, 2.05) is 19.9 Å². The molecule has 3 amide bonds. The van der Waals surface area contributed by atoms with E-state index in [0.717, 1.165) is 11.1 Å². The van der Waals surface area contributed by atoms with Crippen molar-refractivity contribution >= 4 is 35.1 Å². The van der Waals surface area contributed by atoms with Crippen molar-refractivity contribution in [3.05, 3.63) is 64.7 Å². The topological polar surface area (TPSA) is 162 Å². The number of aryl methyl sites for hydroxylation is 2. The van der Waals surface area contributed by atoms with Crippen LogP contribution in [0.5, 0.6) is 28.7 Å². The number of hydrogen-bond donors (Lipinski definition) is 4. The highest BCUT2D eigenvalue weighted by molar-refractivity contribution is 6.13. The van der Waals surface area contributed by atoms with Gasteiger partial charge < -0.3 is 40.0 Å². The second-order valence-electron chi connectivity index (χ2n) is 9.30. The van der Waals surface area contributed by atoms with Gasteiger partial charge in [0.25, 0.3) is 11.8 Å². The first-order valence-corrected chi connectivity index (χ1v) is 12.4. The first-order chi connectivity index (χ1) is 19.5. The number of aliphatic carboxylic acids is 1. The summed E-state index contributed by atoms with van der Waals surface area (Å²) >= 11 is 0. The average Bonchev–Trinajstić information content (AvgIpc) is 3.02. The molecular weight excluding hydrogens is 534 g/mol. The number of hydrogen-bond acceptors (Lipinski definition) is 8. The lowest BCUT2D eigenvalue weighted by molar-refractivity contribution is -0.139. The summed E-state index contributed by atoms with van der Waals surface area (Å²) in [6, 6.07) is 9.92. The Balaban J connectivity index is 1.79. The lowest BCUT2D eigenvalue weighted by atomic mass is 10.1. The molecule has 214 valence electrons. The number of rotatable bonds is 9. The fraction of sp³-hybridized carbons (Fsp3) is 0.241. The van der Waals surface area contributed by atoms with Gasteiger partial charge in [0.05, 0.1) is 44.7 Å². The largest absolute Gasteiger partial charge is 0.493 e. The van der Waals surface area contributed by atoms with E-state index < -0.39 is 36.2 Å². The molecule has 3 aromatic rings. The molecule has 3 aromatic carbocycles. The first-order valence-electron chi connectivity index (χ1n) is 12.4. The molecule has 41 heavy (non-hydrogen) atoms. The zero-order chi connectivity index (χ0) is 29.8. The maximum atomic E-state index is 13.5. The molecular formula is C29H29N3O9. The second kappa shape index (κ2) is 11.9. The number of carboxylic acids is 1. The molecule has 4 rings (SSSR count). The van der Waals surface area contributed by atoms with Gasteiger partial charge in [-0.2, -0.15) is 0 Å². The Labute approximate surface area is 235 Å². The summed E-state index contributed by atoms with van der Waals surface area (Å²) < 4.78 is 22.2. The molecule has 4 N–H and O–H groups in total. The number of ether oxygens (including phenoxy) is 4. The molecule has 1 heterocycles. The third kappa shape index (κ3) is 6.32. The molecule has 0 radical (unpaired) electrons. The van der Waals surface area contributed by atoms with Crippen LogP contribution in [-0.4, -0.2) is 56.2 Å². The number of fused-ring (bicyclic) bond motifs is 1. The Bertz CT molecular complexity index is 1510. The Morgan fingerprint density at radius 2 is 1.51 bits per heavy atom. The fourth-order valence-corrected chi connectivity index (χ4v) is 4.42. The number of nitrogens with one attached hydrogen (secondary N) is 3. The quantitative estimate of drug-likeness (QED) is 0.303. The van der Waals surface area contributed by atoms with Crippen LogP contribution in [0.1, 0.15) is 38.3 Å². The second-order valence-corrected chi connectivity index (χ2v) is 9.30. The molecule has 12 nitrogen and oxygen atoms in total. The molecule has 0 aromatic heterocycles. The normalized spacial score (nSPS) is 14.1. The fourth-order valence-electron chi connectivity index (χ4n) is 4.42. The average molecular weight is 564 g/mol. The zero-order valence-corrected chi connectivity index (χ0v) is 23.0. The third-order valence-electron chi connectivity index (χ3n) is 6.22. The van der Waals surface area contributed by atoms with Gasteiger partial charge in [-0.05, 0) is 61.4 Å². The van der Waals surface area contributed by atoms with Gasteiger partial charge >= 0.3 is 5.97 Å². The highest BCUT2D eigenvalue weighted by Crippen LogP contribution is 2.40. The van der Waals surface area contributed by atoms with Gasteiger partial charge in [0.15, 0.2) is 17.2 Å². The van der Waals surface area contributed by atoms with Crippen LogP contribution in [0.3, 0.4) is 0 Å². The van der Waals surface area contributed by atoms with E-state index in [0.29, 0.717) is 11.5 Å². The van der Waals surface area contributed by atoms with Gasteiger partial charge in [0.2, 0.25) is 11.7 Å². The van der Waals surface area contributed by atoms with E-state index in [-0.39, 0.29) is 39.8 Å². The molecule has 0 saturated heterocycles.